The van der Waals surface area contributed by atoms with Crippen LogP contribution in [0.1, 0.15) is 30.0 Å². The largest absolute Gasteiger partial charge is 0.493 e. The van der Waals surface area contributed by atoms with E-state index in [0.29, 0.717) is 29.4 Å². The molecule has 168 valence electrons. The maximum atomic E-state index is 12.7. The SMILES string of the molecule is CCCOc1ccc(/C=C2\SC(=O)N(CC(=O)Nc3ccc(C)c(C)c3)C2=O)cc1OC. The highest BCUT2D eigenvalue weighted by Crippen LogP contribution is 2.34. The molecule has 0 bridgehead atoms. The van der Waals surface area contributed by atoms with E-state index in [1.165, 1.54) is 0 Å². The number of hydrogen-bond acceptors (Lipinski definition) is 6. The summed E-state index contributed by atoms with van der Waals surface area (Å²) in [6.07, 6.45) is 2.48. The van der Waals surface area contributed by atoms with E-state index in [0.717, 1.165) is 34.2 Å². The minimum Gasteiger partial charge on any atom is -0.493 e. The molecule has 8 heteroatoms. The molecular weight excluding hydrogens is 428 g/mol. The third-order valence-corrected chi connectivity index (χ3v) is 5.82. The van der Waals surface area contributed by atoms with Crippen molar-refractivity contribution in [2.24, 2.45) is 0 Å². The molecule has 1 saturated heterocycles. The van der Waals surface area contributed by atoms with E-state index >= 15 is 0 Å². The van der Waals surface area contributed by atoms with Gasteiger partial charge in [0.1, 0.15) is 6.54 Å². The Hall–Kier alpha value is -3.26. The molecule has 1 heterocycles. The van der Waals surface area contributed by atoms with Crippen LogP contribution in [0, 0.1) is 13.8 Å². The third kappa shape index (κ3) is 5.50. The van der Waals surface area contributed by atoms with Crippen LogP contribution in [-0.2, 0) is 9.59 Å². The van der Waals surface area contributed by atoms with Gasteiger partial charge in [-0.2, -0.15) is 0 Å². The first-order valence-corrected chi connectivity index (χ1v) is 11.1. The average Bonchev–Trinajstić information content (AvgIpc) is 3.02. The van der Waals surface area contributed by atoms with Gasteiger partial charge in [0.2, 0.25) is 5.91 Å². The second-order valence-electron chi connectivity index (χ2n) is 7.37. The first-order chi connectivity index (χ1) is 15.3. The lowest BCUT2D eigenvalue weighted by molar-refractivity contribution is -0.127. The molecule has 0 radical (unpaired) electrons. The summed E-state index contributed by atoms with van der Waals surface area (Å²) in [5, 5.41) is 2.26. The summed E-state index contributed by atoms with van der Waals surface area (Å²) in [6.45, 7) is 6.17. The van der Waals surface area contributed by atoms with Gasteiger partial charge in [0.05, 0.1) is 18.6 Å². The number of anilines is 1. The summed E-state index contributed by atoms with van der Waals surface area (Å²) in [4.78, 5) is 38.7. The number of carbonyl (C=O) groups is 3. The van der Waals surface area contributed by atoms with Crippen molar-refractivity contribution in [2.75, 3.05) is 25.6 Å². The van der Waals surface area contributed by atoms with Crippen LogP contribution in [0.4, 0.5) is 10.5 Å². The third-order valence-electron chi connectivity index (χ3n) is 4.91. The molecule has 7 nitrogen and oxygen atoms in total. The number of rotatable bonds is 8. The molecule has 2 aromatic carbocycles. The molecule has 1 fully saturated rings. The summed E-state index contributed by atoms with van der Waals surface area (Å²) >= 11 is 0.807. The lowest BCUT2D eigenvalue weighted by atomic mass is 10.1. The molecule has 1 aliphatic heterocycles. The lowest BCUT2D eigenvalue weighted by Gasteiger charge is -2.13. The molecule has 0 spiro atoms. The fraction of sp³-hybridized carbons (Fsp3) is 0.292. The van der Waals surface area contributed by atoms with Crippen molar-refractivity contribution >= 4 is 40.6 Å². The summed E-state index contributed by atoms with van der Waals surface area (Å²) in [5.74, 6) is 0.221. The Morgan fingerprint density at radius 1 is 1.09 bits per heavy atom. The normalized spacial score (nSPS) is 14.8. The first-order valence-electron chi connectivity index (χ1n) is 10.3. The molecule has 1 aliphatic rings. The number of thioether (sulfide) groups is 1. The van der Waals surface area contributed by atoms with E-state index in [9.17, 15) is 14.4 Å². The van der Waals surface area contributed by atoms with Crippen molar-refractivity contribution in [3.05, 3.63) is 58.0 Å². The zero-order valence-electron chi connectivity index (χ0n) is 18.6. The Labute approximate surface area is 191 Å². The monoisotopic (exact) mass is 454 g/mol. The molecule has 0 unspecified atom stereocenters. The fourth-order valence-corrected chi connectivity index (χ4v) is 3.89. The summed E-state index contributed by atoms with van der Waals surface area (Å²) in [7, 11) is 1.54. The number of carbonyl (C=O) groups excluding carboxylic acids is 3. The van der Waals surface area contributed by atoms with Crippen LogP contribution < -0.4 is 14.8 Å². The van der Waals surface area contributed by atoms with Gasteiger partial charge < -0.3 is 14.8 Å². The van der Waals surface area contributed by atoms with Crippen molar-refractivity contribution < 1.29 is 23.9 Å². The van der Waals surface area contributed by atoms with Gasteiger partial charge in [0.25, 0.3) is 11.1 Å². The fourth-order valence-electron chi connectivity index (χ4n) is 3.06. The Kier molecular flexibility index (Phi) is 7.58. The van der Waals surface area contributed by atoms with Crippen LogP contribution in [0.3, 0.4) is 0 Å². The van der Waals surface area contributed by atoms with Crippen LogP contribution in [0.2, 0.25) is 0 Å². The van der Waals surface area contributed by atoms with Gasteiger partial charge in [0, 0.05) is 5.69 Å². The summed E-state index contributed by atoms with van der Waals surface area (Å²) in [5.41, 5.74) is 3.47. The van der Waals surface area contributed by atoms with E-state index in [4.69, 9.17) is 9.47 Å². The number of ether oxygens (including phenoxy) is 2. The number of methoxy groups -OCH3 is 1. The second kappa shape index (κ2) is 10.4. The smallest absolute Gasteiger partial charge is 0.294 e. The standard InChI is InChI=1S/C24H26N2O5S/c1-5-10-31-19-9-7-17(12-20(19)30-4)13-21-23(28)26(24(29)32-21)14-22(27)25-18-8-6-15(2)16(3)11-18/h6-9,11-13H,5,10,14H2,1-4H3,(H,25,27)/b21-13-. The Morgan fingerprint density at radius 2 is 1.88 bits per heavy atom. The van der Waals surface area contributed by atoms with Crippen LogP contribution in [-0.4, -0.2) is 42.2 Å². The van der Waals surface area contributed by atoms with Gasteiger partial charge in [-0.3, -0.25) is 19.3 Å². The molecule has 1 N–H and O–H groups in total. The Morgan fingerprint density at radius 3 is 2.56 bits per heavy atom. The van der Waals surface area contributed by atoms with Gasteiger partial charge in [-0.05, 0) is 79.1 Å². The maximum Gasteiger partial charge on any atom is 0.294 e. The Balaban J connectivity index is 1.70. The maximum absolute atomic E-state index is 12.7. The van der Waals surface area contributed by atoms with Crippen molar-refractivity contribution in [1.29, 1.82) is 0 Å². The number of amides is 3. The van der Waals surface area contributed by atoms with Crippen molar-refractivity contribution in [2.45, 2.75) is 27.2 Å². The number of nitrogens with zero attached hydrogens (tertiary/aromatic N) is 1. The van der Waals surface area contributed by atoms with Crippen molar-refractivity contribution in [3.8, 4) is 11.5 Å². The minimum absolute atomic E-state index is 0.248. The van der Waals surface area contributed by atoms with E-state index < -0.39 is 17.1 Å². The zero-order valence-corrected chi connectivity index (χ0v) is 19.4. The quantitative estimate of drug-likeness (QED) is 0.578. The number of nitrogens with one attached hydrogen (secondary N) is 1. The average molecular weight is 455 g/mol. The second-order valence-corrected chi connectivity index (χ2v) is 8.37. The van der Waals surface area contributed by atoms with E-state index in [1.807, 2.05) is 32.9 Å². The molecular formula is C24H26N2O5S. The van der Waals surface area contributed by atoms with Crippen molar-refractivity contribution in [3.63, 3.8) is 0 Å². The van der Waals surface area contributed by atoms with Crippen LogP contribution in [0.15, 0.2) is 41.3 Å². The molecule has 3 rings (SSSR count). The van der Waals surface area contributed by atoms with Crippen molar-refractivity contribution in [1.82, 2.24) is 4.90 Å². The van der Waals surface area contributed by atoms with Gasteiger partial charge in [-0.1, -0.05) is 19.1 Å². The Bertz CT molecular complexity index is 1080. The predicted molar refractivity (Wildman–Crippen MR) is 126 cm³/mol. The van der Waals surface area contributed by atoms with E-state index in [-0.39, 0.29) is 11.4 Å². The topological polar surface area (TPSA) is 84.9 Å². The van der Waals surface area contributed by atoms with Gasteiger partial charge >= 0.3 is 0 Å². The summed E-state index contributed by atoms with van der Waals surface area (Å²) < 4.78 is 11.0. The molecule has 0 atom stereocenters. The number of hydrogen-bond donors (Lipinski definition) is 1. The van der Waals surface area contributed by atoms with Gasteiger partial charge in [-0.25, -0.2) is 0 Å². The lowest BCUT2D eigenvalue weighted by Crippen LogP contribution is -2.36. The highest BCUT2D eigenvalue weighted by molar-refractivity contribution is 8.18. The van der Waals surface area contributed by atoms with E-state index in [1.54, 1.807) is 37.5 Å². The molecule has 0 aromatic heterocycles. The van der Waals surface area contributed by atoms with Crippen LogP contribution >= 0.6 is 11.8 Å². The van der Waals surface area contributed by atoms with Gasteiger partial charge in [0.15, 0.2) is 11.5 Å². The van der Waals surface area contributed by atoms with Gasteiger partial charge in [-0.15, -0.1) is 0 Å². The molecule has 32 heavy (non-hydrogen) atoms. The molecule has 0 saturated carbocycles. The van der Waals surface area contributed by atoms with Crippen LogP contribution in [0.25, 0.3) is 6.08 Å². The predicted octanol–water partition coefficient (Wildman–Crippen LogP) is 4.78. The highest BCUT2D eigenvalue weighted by atomic mass is 32.2. The minimum atomic E-state index is -0.500. The highest BCUT2D eigenvalue weighted by Gasteiger charge is 2.36. The number of imide groups is 1. The first kappa shape index (κ1) is 23.4. The molecule has 3 amide bonds. The molecule has 2 aromatic rings. The number of aryl methyl sites for hydroxylation is 2. The van der Waals surface area contributed by atoms with Crippen LogP contribution in [0.5, 0.6) is 11.5 Å². The molecule has 0 aliphatic carbocycles. The zero-order chi connectivity index (χ0) is 23.3. The number of benzene rings is 2. The van der Waals surface area contributed by atoms with E-state index in [2.05, 4.69) is 5.32 Å². The summed E-state index contributed by atoms with van der Waals surface area (Å²) in [6, 6.07) is 10.8.